The molecule has 1 unspecified atom stereocenters. The minimum atomic E-state index is -4.40. The fourth-order valence-electron chi connectivity index (χ4n) is 1.91. The predicted molar refractivity (Wildman–Crippen MR) is 56.3 cm³/mol. The van der Waals surface area contributed by atoms with Crippen molar-refractivity contribution in [3.8, 4) is 5.75 Å². The van der Waals surface area contributed by atoms with Crippen LogP contribution in [0, 0.1) is 0 Å². The average Bonchev–Trinajstić information content (AvgIpc) is 2.70. The lowest BCUT2D eigenvalue weighted by molar-refractivity contribution is -0.141. The van der Waals surface area contributed by atoms with Crippen LogP contribution in [0.2, 0.25) is 0 Å². The van der Waals surface area contributed by atoms with Gasteiger partial charge in [-0.05, 0) is 18.2 Å². The summed E-state index contributed by atoms with van der Waals surface area (Å²) < 4.78 is 47.5. The van der Waals surface area contributed by atoms with Crippen LogP contribution >= 0.6 is 0 Å². The zero-order valence-corrected chi connectivity index (χ0v) is 9.58. The minimum Gasteiger partial charge on any atom is -0.493 e. The monoisotopic (exact) mass is 260 g/mol. The summed E-state index contributed by atoms with van der Waals surface area (Å²) >= 11 is 0. The molecule has 18 heavy (non-hydrogen) atoms. The third kappa shape index (κ3) is 2.42. The number of rotatable bonds is 2. The highest BCUT2D eigenvalue weighted by molar-refractivity contribution is 5.71. The van der Waals surface area contributed by atoms with Crippen LogP contribution in [-0.2, 0) is 15.7 Å². The Morgan fingerprint density at radius 2 is 2.22 bits per heavy atom. The molecular formula is C12H11F3O3. The molecule has 2 rings (SSSR count). The molecule has 0 N–H and O–H groups in total. The van der Waals surface area contributed by atoms with Crippen LogP contribution in [0.5, 0.6) is 5.75 Å². The van der Waals surface area contributed by atoms with Crippen molar-refractivity contribution in [2.24, 2.45) is 0 Å². The first-order valence-corrected chi connectivity index (χ1v) is 5.32. The fourth-order valence-corrected chi connectivity index (χ4v) is 1.91. The van der Waals surface area contributed by atoms with Crippen molar-refractivity contribution in [2.45, 2.75) is 18.5 Å². The van der Waals surface area contributed by atoms with Crippen LogP contribution in [-0.4, -0.2) is 19.7 Å². The quantitative estimate of drug-likeness (QED) is 0.767. The maximum Gasteiger partial charge on any atom is 0.416 e. The molecule has 1 aliphatic rings. The van der Waals surface area contributed by atoms with E-state index in [1.165, 1.54) is 13.2 Å². The standard InChI is InChI=1S/C12H11F3O3/c1-17-11(16)4-7-6-18-10-3-2-8(5-9(7)10)12(13,14)15/h2-3,5,7H,4,6H2,1H3. The van der Waals surface area contributed by atoms with Gasteiger partial charge in [0, 0.05) is 11.5 Å². The Morgan fingerprint density at radius 3 is 2.83 bits per heavy atom. The van der Waals surface area contributed by atoms with Gasteiger partial charge in [0.2, 0.25) is 0 Å². The van der Waals surface area contributed by atoms with Crippen molar-refractivity contribution in [3.63, 3.8) is 0 Å². The number of benzene rings is 1. The third-order valence-electron chi connectivity index (χ3n) is 2.86. The average molecular weight is 260 g/mol. The second-order valence-corrected chi connectivity index (χ2v) is 4.04. The number of alkyl halides is 3. The third-order valence-corrected chi connectivity index (χ3v) is 2.86. The minimum absolute atomic E-state index is 0.0187. The molecule has 0 bridgehead atoms. The summed E-state index contributed by atoms with van der Waals surface area (Å²) in [4.78, 5) is 11.2. The Labute approximate surface area is 102 Å². The number of halogens is 3. The van der Waals surface area contributed by atoms with Crippen molar-refractivity contribution in [1.29, 1.82) is 0 Å². The van der Waals surface area contributed by atoms with Crippen molar-refractivity contribution >= 4 is 5.97 Å². The van der Waals surface area contributed by atoms with Gasteiger partial charge in [0.05, 0.1) is 25.7 Å². The zero-order chi connectivity index (χ0) is 13.3. The molecule has 1 aliphatic heterocycles. The number of carbonyl (C=O) groups excluding carboxylic acids is 1. The fraction of sp³-hybridized carbons (Fsp3) is 0.417. The molecular weight excluding hydrogens is 249 g/mol. The molecule has 3 nitrogen and oxygen atoms in total. The van der Waals surface area contributed by atoms with Crippen LogP contribution in [0.15, 0.2) is 18.2 Å². The molecule has 1 aromatic carbocycles. The number of esters is 1. The normalized spacial score (nSPS) is 18.1. The van der Waals surface area contributed by atoms with Crippen molar-refractivity contribution in [1.82, 2.24) is 0 Å². The van der Waals surface area contributed by atoms with Gasteiger partial charge in [-0.3, -0.25) is 4.79 Å². The van der Waals surface area contributed by atoms with Crippen molar-refractivity contribution < 1.29 is 27.4 Å². The van der Waals surface area contributed by atoms with Crippen molar-refractivity contribution in [2.75, 3.05) is 13.7 Å². The Bertz CT molecular complexity index is 468. The van der Waals surface area contributed by atoms with E-state index in [0.717, 1.165) is 12.1 Å². The lowest BCUT2D eigenvalue weighted by Gasteiger charge is -2.10. The summed E-state index contributed by atoms with van der Waals surface area (Å²) in [6.45, 7) is 0.200. The van der Waals surface area contributed by atoms with Gasteiger partial charge in [-0.2, -0.15) is 13.2 Å². The van der Waals surface area contributed by atoms with E-state index in [9.17, 15) is 18.0 Å². The predicted octanol–water partition coefficient (Wildman–Crippen LogP) is 2.74. The number of methoxy groups -OCH3 is 1. The molecule has 1 atom stereocenters. The Hall–Kier alpha value is -1.72. The van der Waals surface area contributed by atoms with Gasteiger partial charge in [0.25, 0.3) is 0 Å². The van der Waals surface area contributed by atoms with Crippen LogP contribution in [0.1, 0.15) is 23.5 Å². The van der Waals surface area contributed by atoms with E-state index in [-0.39, 0.29) is 18.9 Å². The second-order valence-electron chi connectivity index (χ2n) is 4.04. The van der Waals surface area contributed by atoms with Gasteiger partial charge in [0.1, 0.15) is 5.75 Å². The van der Waals surface area contributed by atoms with E-state index >= 15 is 0 Å². The lowest BCUT2D eigenvalue weighted by Crippen LogP contribution is -2.10. The topological polar surface area (TPSA) is 35.5 Å². The maximum atomic E-state index is 12.6. The highest BCUT2D eigenvalue weighted by Crippen LogP contribution is 2.40. The van der Waals surface area contributed by atoms with E-state index in [1.807, 2.05) is 0 Å². The maximum absolute atomic E-state index is 12.6. The molecule has 0 aromatic heterocycles. The lowest BCUT2D eigenvalue weighted by atomic mass is 9.96. The highest BCUT2D eigenvalue weighted by Gasteiger charge is 2.34. The summed E-state index contributed by atoms with van der Waals surface area (Å²) in [6, 6.07) is 3.30. The van der Waals surface area contributed by atoms with Gasteiger partial charge in [0.15, 0.2) is 0 Å². The second kappa shape index (κ2) is 4.51. The number of fused-ring (bicyclic) bond motifs is 1. The van der Waals surface area contributed by atoms with Crippen LogP contribution in [0.3, 0.4) is 0 Å². The molecule has 0 amide bonds. The smallest absolute Gasteiger partial charge is 0.416 e. The molecule has 0 saturated heterocycles. The van der Waals surface area contributed by atoms with Gasteiger partial charge in [-0.25, -0.2) is 0 Å². The summed E-state index contributed by atoms with van der Waals surface area (Å²) in [5.41, 5.74) is -0.322. The van der Waals surface area contributed by atoms with Gasteiger partial charge >= 0.3 is 12.1 Å². The van der Waals surface area contributed by atoms with Crippen LogP contribution < -0.4 is 4.74 Å². The number of ether oxygens (including phenoxy) is 2. The summed E-state index contributed by atoms with van der Waals surface area (Å²) in [5.74, 6) is -0.444. The Balaban J connectivity index is 2.28. The largest absolute Gasteiger partial charge is 0.493 e. The molecule has 0 spiro atoms. The Morgan fingerprint density at radius 1 is 1.50 bits per heavy atom. The molecule has 1 aromatic rings. The van der Waals surface area contributed by atoms with Gasteiger partial charge < -0.3 is 9.47 Å². The van der Waals surface area contributed by atoms with Gasteiger partial charge in [-0.1, -0.05) is 0 Å². The van der Waals surface area contributed by atoms with E-state index < -0.39 is 17.7 Å². The Kier molecular flexibility index (Phi) is 3.19. The molecule has 1 heterocycles. The molecule has 0 fully saturated rings. The molecule has 0 radical (unpaired) electrons. The number of hydrogen-bond acceptors (Lipinski definition) is 3. The molecule has 0 saturated carbocycles. The first-order valence-electron chi connectivity index (χ1n) is 5.32. The van der Waals surface area contributed by atoms with E-state index in [0.29, 0.717) is 11.3 Å². The highest BCUT2D eigenvalue weighted by atomic mass is 19.4. The zero-order valence-electron chi connectivity index (χ0n) is 9.58. The SMILES string of the molecule is COC(=O)CC1COc2ccc(C(F)(F)F)cc21. The van der Waals surface area contributed by atoms with E-state index in [1.54, 1.807) is 0 Å². The van der Waals surface area contributed by atoms with Crippen LogP contribution in [0.4, 0.5) is 13.2 Å². The van der Waals surface area contributed by atoms with Crippen molar-refractivity contribution in [3.05, 3.63) is 29.3 Å². The summed E-state index contributed by atoms with van der Waals surface area (Å²) in [5, 5.41) is 0. The number of hydrogen-bond donors (Lipinski definition) is 0. The first kappa shape index (κ1) is 12.7. The first-order chi connectivity index (χ1) is 8.41. The van der Waals surface area contributed by atoms with E-state index in [4.69, 9.17) is 4.74 Å². The van der Waals surface area contributed by atoms with E-state index in [2.05, 4.69) is 4.74 Å². The molecule has 0 aliphatic carbocycles. The molecule has 98 valence electrons. The van der Waals surface area contributed by atoms with Gasteiger partial charge in [-0.15, -0.1) is 0 Å². The summed E-state index contributed by atoms with van der Waals surface area (Å²) in [6.07, 6.45) is -4.38. The summed E-state index contributed by atoms with van der Waals surface area (Å²) in [7, 11) is 1.24. The number of carbonyl (C=O) groups is 1. The molecule has 6 heteroatoms. The van der Waals surface area contributed by atoms with Crippen LogP contribution in [0.25, 0.3) is 0 Å².